The average Bonchev–Trinajstić information content (AvgIpc) is 2.86. The molecule has 1 saturated carbocycles. The molecule has 128 valence electrons. The van der Waals surface area contributed by atoms with Crippen molar-refractivity contribution in [2.75, 3.05) is 6.54 Å². The molecule has 2 fully saturated rings. The summed E-state index contributed by atoms with van der Waals surface area (Å²) in [5.74, 6) is -1.77. The van der Waals surface area contributed by atoms with Crippen molar-refractivity contribution in [3.05, 3.63) is 0 Å². The van der Waals surface area contributed by atoms with Crippen molar-refractivity contribution in [3.63, 3.8) is 0 Å². The first-order chi connectivity index (χ1) is 10.8. The molecular weight excluding hydrogens is 302 g/mol. The molecule has 0 spiro atoms. The number of nitrogens with one attached hydrogen (secondary N) is 1. The lowest BCUT2D eigenvalue weighted by atomic mass is 9.82. The van der Waals surface area contributed by atoms with Gasteiger partial charge in [-0.1, -0.05) is 0 Å². The van der Waals surface area contributed by atoms with Gasteiger partial charge in [0, 0.05) is 32.7 Å². The number of aliphatic hydroxyl groups excluding tert-OH is 1. The number of hydrogen-bond acceptors (Lipinski definition) is 5. The van der Waals surface area contributed by atoms with Gasteiger partial charge in [0.05, 0.1) is 6.10 Å². The smallest absolute Gasteiger partial charge is 0.243 e. The van der Waals surface area contributed by atoms with Crippen LogP contribution < -0.4 is 11.1 Å². The van der Waals surface area contributed by atoms with Gasteiger partial charge in [-0.15, -0.1) is 0 Å². The Bertz CT molecular complexity index is 521. The van der Waals surface area contributed by atoms with Crippen molar-refractivity contribution >= 4 is 23.5 Å². The SMILES string of the molecule is CC(=O)N1C[C@H](O)C[C@H]1C(=O)N[C@H](C(N)=O)[C@@H]1CCCC(=O)C1. The van der Waals surface area contributed by atoms with Gasteiger partial charge in [-0.2, -0.15) is 0 Å². The van der Waals surface area contributed by atoms with Crippen LogP contribution >= 0.6 is 0 Å². The van der Waals surface area contributed by atoms with E-state index in [9.17, 15) is 24.3 Å². The van der Waals surface area contributed by atoms with Crippen LogP contribution in [0.4, 0.5) is 0 Å². The molecule has 4 N–H and O–H groups in total. The highest BCUT2D eigenvalue weighted by Crippen LogP contribution is 2.25. The van der Waals surface area contributed by atoms with Gasteiger partial charge < -0.3 is 21.1 Å². The Hall–Kier alpha value is -1.96. The minimum atomic E-state index is -0.932. The number of likely N-dealkylation sites (tertiary alicyclic amines) is 1. The van der Waals surface area contributed by atoms with Crippen LogP contribution in [0.5, 0.6) is 0 Å². The molecule has 23 heavy (non-hydrogen) atoms. The van der Waals surface area contributed by atoms with Crippen LogP contribution in [0.2, 0.25) is 0 Å². The van der Waals surface area contributed by atoms with Crippen LogP contribution in [0.1, 0.15) is 39.0 Å². The Balaban J connectivity index is 2.07. The molecule has 0 aromatic heterocycles. The Morgan fingerprint density at radius 2 is 2.09 bits per heavy atom. The predicted octanol–water partition coefficient (Wildman–Crippen LogP) is -1.30. The summed E-state index contributed by atoms with van der Waals surface area (Å²) in [7, 11) is 0. The monoisotopic (exact) mass is 325 g/mol. The minimum Gasteiger partial charge on any atom is -0.391 e. The molecule has 0 radical (unpaired) electrons. The predicted molar refractivity (Wildman–Crippen MR) is 79.9 cm³/mol. The number of nitrogens with two attached hydrogens (primary N) is 1. The summed E-state index contributed by atoms with van der Waals surface area (Å²) in [5.41, 5.74) is 5.39. The molecule has 0 aromatic carbocycles. The second-order valence-corrected chi connectivity index (χ2v) is 6.36. The van der Waals surface area contributed by atoms with Crippen LogP contribution in [-0.2, 0) is 19.2 Å². The van der Waals surface area contributed by atoms with E-state index in [1.54, 1.807) is 0 Å². The van der Waals surface area contributed by atoms with E-state index in [1.165, 1.54) is 11.8 Å². The van der Waals surface area contributed by atoms with Crippen molar-refractivity contribution < 1.29 is 24.3 Å². The van der Waals surface area contributed by atoms with Crippen LogP contribution in [0, 0.1) is 5.92 Å². The number of β-amino-alcohol motifs (C(OH)–C–C–N with tert-alkyl or cyclic N) is 1. The third-order valence-corrected chi connectivity index (χ3v) is 4.58. The van der Waals surface area contributed by atoms with Gasteiger partial charge in [0.25, 0.3) is 0 Å². The zero-order chi connectivity index (χ0) is 17.1. The molecule has 1 saturated heterocycles. The fraction of sp³-hybridized carbons (Fsp3) is 0.733. The number of nitrogens with zero attached hydrogens (tertiary/aromatic N) is 1. The largest absolute Gasteiger partial charge is 0.391 e. The summed E-state index contributed by atoms with van der Waals surface area (Å²) < 4.78 is 0. The van der Waals surface area contributed by atoms with Crippen molar-refractivity contribution in [2.24, 2.45) is 11.7 Å². The maximum Gasteiger partial charge on any atom is 0.243 e. The van der Waals surface area contributed by atoms with Gasteiger partial charge >= 0.3 is 0 Å². The fourth-order valence-corrected chi connectivity index (χ4v) is 3.42. The molecule has 0 bridgehead atoms. The molecule has 1 aliphatic heterocycles. The summed E-state index contributed by atoms with van der Waals surface area (Å²) in [6, 6.07) is -1.75. The molecule has 4 atom stereocenters. The standard InChI is InChI=1S/C15H23N3O5/c1-8(19)18-7-11(21)6-12(18)15(23)17-13(14(16)22)9-3-2-4-10(20)5-9/h9,11-13,21H,2-7H2,1H3,(H2,16,22)(H,17,23)/t9-,11-,12+,13+/m1/s1. The number of rotatable bonds is 4. The second kappa shape index (κ2) is 7.08. The highest BCUT2D eigenvalue weighted by Gasteiger charge is 2.40. The summed E-state index contributed by atoms with van der Waals surface area (Å²) in [6.07, 6.45) is 1.38. The maximum atomic E-state index is 12.4. The molecule has 1 heterocycles. The van der Waals surface area contributed by atoms with Crippen LogP contribution in [0.3, 0.4) is 0 Å². The third kappa shape index (κ3) is 4.07. The Morgan fingerprint density at radius 3 is 2.65 bits per heavy atom. The number of carbonyl (C=O) groups is 4. The Kier molecular flexibility index (Phi) is 5.35. The van der Waals surface area contributed by atoms with Gasteiger partial charge in [0.2, 0.25) is 17.7 Å². The van der Waals surface area contributed by atoms with Gasteiger partial charge in [0.1, 0.15) is 17.9 Å². The Labute approximate surface area is 134 Å². The lowest BCUT2D eigenvalue weighted by Crippen LogP contribution is -2.55. The van der Waals surface area contributed by atoms with Crippen molar-refractivity contribution in [2.45, 2.75) is 57.2 Å². The normalized spacial score (nSPS) is 29.2. The molecular formula is C15H23N3O5. The van der Waals surface area contributed by atoms with E-state index in [0.717, 1.165) is 0 Å². The second-order valence-electron chi connectivity index (χ2n) is 6.36. The van der Waals surface area contributed by atoms with Crippen LogP contribution in [0.25, 0.3) is 0 Å². The zero-order valence-corrected chi connectivity index (χ0v) is 13.2. The van der Waals surface area contributed by atoms with E-state index in [4.69, 9.17) is 5.73 Å². The van der Waals surface area contributed by atoms with Gasteiger partial charge in [-0.05, 0) is 18.8 Å². The molecule has 0 aromatic rings. The third-order valence-electron chi connectivity index (χ3n) is 4.58. The Morgan fingerprint density at radius 1 is 1.39 bits per heavy atom. The quantitative estimate of drug-likeness (QED) is 0.591. The lowest BCUT2D eigenvalue weighted by Gasteiger charge is -2.30. The van der Waals surface area contributed by atoms with Crippen molar-refractivity contribution in [1.29, 1.82) is 0 Å². The first-order valence-corrected chi connectivity index (χ1v) is 7.86. The van der Waals surface area contributed by atoms with Crippen molar-refractivity contribution in [3.8, 4) is 0 Å². The molecule has 2 rings (SSSR count). The topological polar surface area (TPSA) is 130 Å². The molecule has 8 nitrogen and oxygen atoms in total. The molecule has 1 aliphatic carbocycles. The number of aliphatic hydroxyl groups is 1. The average molecular weight is 325 g/mol. The number of primary amides is 1. The summed E-state index contributed by atoms with van der Waals surface area (Å²) in [6.45, 7) is 1.42. The summed E-state index contributed by atoms with van der Waals surface area (Å²) in [4.78, 5) is 48.6. The summed E-state index contributed by atoms with van der Waals surface area (Å²) >= 11 is 0. The maximum absolute atomic E-state index is 12.4. The number of carbonyl (C=O) groups excluding carboxylic acids is 4. The number of hydrogen-bond donors (Lipinski definition) is 3. The van der Waals surface area contributed by atoms with E-state index in [0.29, 0.717) is 19.3 Å². The van der Waals surface area contributed by atoms with Crippen LogP contribution in [0.15, 0.2) is 0 Å². The minimum absolute atomic E-state index is 0.0587. The molecule has 8 heteroatoms. The highest BCUT2D eigenvalue weighted by molar-refractivity contribution is 5.92. The van der Waals surface area contributed by atoms with Gasteiger partial charge in [-0.3, -0.25) is 19.2 Å². The zero-order valence-electron chi connectivity index (χ0n) is 13.2. The highest BCUT2D eigenvalue weighted by atomic mass is 16.3. The van der Waals surface area contributed by atoms with Gasteiger partial charge in [-0.25, -0.2) is 0 Å². The molecule has 2 aliphatic rings. The number of amides is 3. The van der Waals surface area contributed by atoms with Crippen LogP contribution in [-0.4, -0.2) is 58.2 Å². The first-order valence-electron chi connectivity index (χ1n) is 7.86. The van der Waals surface area contributed by atoms with E-state index in [2.05, 4.69) is 5.32 Å². The first kappa shape index (κ1) is 17.4. The lowest BCUT2D eigenvalue weighted by molar-refractivity contribution is -0.138. The van der Waals surface area contributed by atoms with Crippen molar-refractivity contribution in [1.82, 2.24) is 10.2 Å². The molecule has 0 unspecified atom stereocenters. The number of ketones is 1. The van der Waals surface area contributed by atoms with E-state index < -0.39 is 30.0 Å². The molecule has 3 amide bonds. The summed E-state index contributed by atoms with van der Waals surface area (Å²) in [5, 5.41) is 12.3. The van der Waals surface area contributed by atoms with E-state index in [1.807, 2.05) is 0 Å². The number of Topliss-reactive ketones (excluding diaryl/α,β-unsaturated/α-hetero) is 1. The van der Waals surface area contributed by atoms with E-state index >= 15 is 0 Å². The van der Waals surface area contributed by atoms with E-state index in [-0.39, 0.29) is 37.0 Å². The fourth-order valence-electron chi connectivity index (χ4n) is 3.42. The van der Waals surface area contributed by atoms with Gasteiger partial charge in [0.15, 0.2) is 0 Å².